The van der Waals surface area contributed by atoms with Gasteiger partial charge in [0.05, 0.1) is 12.9 Å². The van der Waals surface area contributed by atoms with Crippen molar-refractivity contribution in [2.45, 2.75) is 19.8 Å². The Morgan fingerprint density at radius 1 is 1.29 bits per heavy atom. The summed E-state index contributed by atoms with van der Waals surface area (Å²) >= 11 is 0. The number of benzene rings is 1. The molecule has 0 radical (unpaired) electrons. The Kier molecular flexibility index (Phi) is 5.44. The lowest BCUT2D eigenvalue weighted by atomic mass is 10.1. The van der Waals surface area contributed by atoms with Gasteiger partial charge >= 0.3 is 0 Å². The zero-order chi connectivity index (χ0) is 12.7. The standard InChI is InChI=1S/C12H19NO3S/c1-3-16-12-9-5-4-7-11(12)8-6-10-13-17(2,14)15/h4-5,7,9,13H,3,6,8,10H2,1-2H3. The highest BCUT2D eigenvalue weighted by molar-refractivity contribution is 7.88. The van der Waals surface area contributed by atoms with Gasteiger partial charge in [0.2, 0.25) is 10.0 Å². The zero-order valence-corrected chi connectivity index (χ0v) is 11.1. The first-order valence-corrected chi connectivity index (χ1v) is 7.57. The summed E-state index contributed by atoms with van der Waals surface area (Å²) in [5, 5.41) is 0. The fourth-order valence-electron chi connectivity index (χ4n) is 1.54. The van der Waals surface area contributed by atoms with Crippen LogP contribution in [-0.2, 0) is 16.4 Å². The molecule has 0 aliphatic carbocycles. The smallest absolute Gasteiger partial charge is 0.208 e. The van der Waals surface area contributed by atoms with Crippen LogP contribution in [0, 0.1) is 0 Å². The summed E-state index contributed by atoms with van der Waals surface area (Å²) in [6.45, 7) is 3.04. The molecule has 1 aromatic carbocycles. The first-order valence-electron chi connectivity index (χ1n) is 5.68. The van der Waals surface area contributed by atoms with E-state index in [0.717, 1.165) is 24.2 Å². The third-order valence-electron chi connectivity index (χ3n) is 2.26. The minimum atomic E-state index is -3.08. The van der Waals surface area contributed by atoms with Gasteiger partial charge in [-0.3, -0.25) is 0 Å². The number of sulfonamides is 1. The Bertz CT molecular complexity index is 443. The summed E-state index contributed by atoms with van der Waals surface area (Å²) in [6.07, 6.45) is 2.73. The summed E-state index contributed by atoms with van der Waals surface area (Å²) in [6, 6.07) is 7.83. The fourth-order valence-corrected chi connectivity index (χ4v) is 2.06. The van der Waals surface area contributed by atoms with E-state index in [4.69, 9.17) is 4.74 Å². The van der Waals surface area contributed by atoms with Crippen molar-refractivity contribution in [3.05, 3.63) is 29.8 Å². The summed E-state index contributed by atoms with van der Waals surface area (Å²) < 4.78 is 29.7. The fraction of sp³-hybridized carbons (Fsp3) is 0.500. The summed E-state index contributed by atoms with van der Waals surface area (Å²) in [7, 11) is -3.08. The number of ether oxygens (including phenoxy) is 1. The first-order chi connectivity index (χ1) is 8.03. The largest absolute Gasteiger partial charge is 0.494 e. The Morgan fingerprint density at radius 3 is 2.65 bits per heavy atom. The van der Waals surface area contributed by atoms with Gasteiger partial charge in [0.15, 0.2) is 0 Å². The molecule has 0 heterocycles. The van der Waals surface area contributed by atoms with Crippen LogP contribution in [0.15, 0.2) is 24.3 Å². The number of hydrogen-bond donors (Lipinski definition) is 1. The molecule has 17 heavy (non-hydrogen) atoms. The molecular weight excluding hydrogens is 238 g/mol. The van der Waals surface area contributed by atoms with Gasteiger partial charge in [0, 0.05) is 6.54 Å². The lowest BCUT2D eigenvalue weighted by molar-refractivity contribution is 0.336. The van der Waals surface area contributed by atoms with Gasteiger partial charge in [-0.15, -0.1) is 0 Å². The second-order valence-electron chi connectivity index (χ2n) is 3.81. The van der Waals surface area contributed by atoms with Crippen molar-refractivity contribution in [3.8, 4) is 5.75 Å². The van der Waals surface area contributed by atoms with Gasteiger partial charge in [0.1, 0.15) is 5.75 Å². The van der Waals surface area contributed by atoms with Crippen molar-refractivity contribution >= 4 is 10.0 Å². The minimum Gasteiger partial charge on any atom is -0.494 e. The SMILES string of the molecule is CCOc1ccccc1CCCNS(C)(=O)=O. The number of aryl methyl sites for hydroxylation is 1. The van der Waals surface area contributed by atoms with E-state index < -0.39 is 10.0 Å². The number of para-hydroxylation sites is 1. The maximum atomic E-state index is 10.9. The van der Waals surface area contributed by atoms with Crippen LogP contribution in [0.4, 0.5) is 0 Å². The normalized spacial score (nSPS) is 11.4. The molecule has 0 saturated heterocycles. The van der Waals surface area contributed by atoms with Gasteiger partial charge in [-0.1, -0.05) is 18.2 Å². The number of nitrogens with one attached hydrogen (secondary N) is 1. The minimum absolute atomic E-state index is 0.458. The Labute approximate surface area is 103 Å². The highest BCUT2D eigenvalue weighted by Crippen LogP contribution is 2.19. The van der Waals surface area contributed by atoms with E-state index in [9.17, 15) is 8.42 Å². The van der Waals surface area contributed by atoms with Crippen molar-refractivity contribution in [1.82, 2.24) is 4.72 Å². The molecule has 0 atom stereocenters. The van der Waals surface area contributed by atoms with E-state index in [1.54, 1.807) is 0 Å². The Hall–Kier alpha value is -1.07. The quantitative estimate of drug-likeness (QED) is 0.754. The van der Waals surface area contributed by atoms with Crippen LogP contribution in [0.5, 0.6) is 5.75 Å². The zero-order valence-electron chi connectivity index (χ0n) is 10.3. The molecule has 4 nitrogen and oxygen atoms in total. The molecule has 1 rings (SSSR count). The topological polar surface area (TPSA) is 55.4 Å². The molecular formula is C12H19NO3S. The highest BCUT2D eigenvalue weighted by atomic mass is 32.2. The summed E-state index contributed by atoms with van der Waals surface area (Å²) in [5.41, 5.74) is 1.12. The monoisotopic (exact) mass is 257 g/mol. The predicted molar refractivity (Wildman–Crippen MR) is 68.8 cm³/mol. The second kappa shape index (κ2) is 6.61. The summed E-state index contributed by atoms with van der Waals surface area (Å²) in [5.74, 6) is 0.884. The van der Waals surface area contributed by atoms with Crippen LogP contribution in [-0.4, -0.2) is 27.8 Å². The summed E-state index contributed by atoms with van der Waals surface area (Å²) in [4.78, 5) is 0. The van der Waals surface area contributed by atoms with Crippen molar-refractivity contribution in [2.75, 3.05) is 19.4 Å². The Morgan fingerprint density at radius 2 is 2.00 bits per heavy atom. The molecule has 5 heteroatoms. The molecule has 1 aromatic rings. The highest BCUT2D eigenvalue weighted by Gasteiger charge is 2.03. The van der Waals surface area contributed by atoms with Gasteiger partial charge in [0.25, 0.3) is 0 Å². The molecule has 0 aliphatic heterocycles. The average Bonchev–Trinajstić information content (AvgIpc) is 2.25. The van der Waals surface area contributed by atoms with Crippen LogP contribution in [0.2, 0.25) is 0 Å². The van der Waals surface area contributed by atoms with Crippen LogP contribution < -0.4 is 9.46 Å². The Balaban J connectivity index is 2.46. The van der Waals surface area contributed by atoms with Crippen molar-refractivity contribution < 1.29 is 13.2 Å². The molecule has 1 N–H and O–H groups in total. The van der Waals surface area contributed by atoms with Gasteiger partial charge in [-0.2, -0.15) is 0 Å². The van der Waals surface area contributed by atoms with Crippen molar-refractivity contribution in [3.63, 3.8) is 0 Å². The van der Waals surface area contributed by atoms with E-state index in [-0.39, 0.29) is 0 Å². The van der Waals surface area contributed by atoms with Gasteiger partial charge in [-0.05, 0) is 31.4 Å². The predicted octanol–water partition coefficient (Wildman–Crippen LogP) is 1.57. The van der Waals surface area contributed by atoms with Crippen LogP contribution in [0.1, 0.15) is 18.9 Å². The van der Waals surface area contributed by atoms with Crippen molar-refractivity contribution in [1.29, 1.82) is 0 Å². The van der Waals surface area contributed by atoms with Crippen molar-refractivity contribution in [2.24, 2.45) is 0 Å². The van der Waals surface area contributed by atoms with Gasteiger partial charge in [-0.25, -0.2) is 13.1 Å². The molecule has 0 amide bonds. The third kappa shape index (κ3) is 5.70. The molecule has 0 aliphatic rings. The third-order valence-corrected chi connectivity index (χ3v) is 2.99. The van der Waals surface area contributed by atoms with E-state index in [2.05, 4.69) is 4.72 Å². The number of hydrogen-bond acceptors (Lipinski definition) is 3. The molecule has 0 unspecified atom stereocenters. The second-order valence-corrected chi connectivity index (χ2v) is 5.64. The van der Waals surface area contributed by atoms with Crippen LogP contribution in [0.3, 0.4) is 0 Å². The van der Waals surface area contributed by atoms with E-state index in [1.165, 1.54) is 6.26 Å². The lowest BCUT2D eigenvalue weighted by Gasteiger charge is -2.09. The van der Waals surface area contributed by atoms with Gasteiger partial charge < -0.3 is 4.74 Å². The van der Waals surface area contributed by atoms with E-state index in [1.807, 2.05) is 31.2 Å². The first kappa shape index (κ1) is 14.0. The molecule has 0 spiro atoms. The van der Waals surface area contributed by atoms with Crippen LogP contribution in [0.25, 0.3) is 0 Å². The average molecular weight is 257 g/mol. The molecule has 0 aromatic heterocycles. The molecule has 0 bridgehead atoms. The van der Waals surface area contributed by atoms with E-state index in [0.29, 0.717) is 13.2 Å². The molecule has 96 valence electrons. The van der Waals surface area contributed by atoms with E-state index >= 15 is 0 Å². The maximum Gasteiger partial charge on any atom is 0.208 e. The lowest BCUT2D eigenvalue weighted by Crippen LogP contribution is -2.23. The molecule has 0 saturated carbocycles. The maximum absolute atomic E-state index is 10.9. The van der Waals surface area contributed by atoms with Crippen LogP contribution >= 0.6 is 0 Å². The molecule has 0 fully saturated rings. The number of rotatable bonds is 7.